The van der Waals surface area contributed by atoms with Gasteiger partial charge in [-0.25, -0.2) is 4.98 Å². The second-order valence-electron chi connectivity index (χ2n) is 22.6. The van der Waals surface area contributed by atoms with Gasteiger partial charge in [-0.3, -0.25) is 9.55 Å². The maximum atomic E-state index is 12.5. The third kappa shape index (κ3) is 8.21. The molecule has 10 rings (SSSR count). The van der Waals surface area contributed by atoms with Crippen LogP contribution in [0, 0.1) is 11.3 Å². The lowest BCUT2D eigenvalue weighted by atomic mass is 9.79. The van der Waals surface area contributed by atoms with Crippen molar-refractivity contribution in [3.8, 4) is 73.0 Å². The topological polar surface area (TPSA) is 114 Å². The molecule has 1 N–H and O–H groups in total. The molecule has 10 heteroatoms. The molecule has 0 unspecified atom stereocenters. The third-order valence-electron chi connectivity index (χ3n) is 13.3. The van der Waals surface area contributed by atoms with Crippen molar-refractivity contribution >= 4 is 57.0 Å². The number of rotatable bonds is 7. The van der Waals surface area contributed by atoms with E-state index in [2.05, 4.69) is 200 Å². The summed E-state index contributed by atoms with van der Waals surface area (Å²) in [6.45, 7) is 26.5. The lowest BCUT2D eigenvalue weighted by molar-refractivity contribution is 0.446. The molecule has 0 atom stereocenters. The molecule has 6 aromatic carbocycles. The van der Waals surface area contributed by atoms with Gasteiger partial charge in [-0.05, 0) is 87.0 Å². The van der Waals surface area contributed by atoms with E-state index in [-0.39, 0.29) is 22.0 Å². The van der Waals surface area contributed by atoms with Crippen molar-refractivity contribution in [3.63, 3.8) is 0 Å². The quantitative estimate of drug-likeness (QED) is 0.158. The first-order chi connectivity index (χ1) is 33.1. The van der Waals surface area contributed by atoms with E-state index in [0.29, 0.717) is 44.4 Å². The normalized spacial score (nSPS) is 12.6. The van der Waals surface area contributed by atoms with Gasteiger partial charge in [0.05, 0.1) is 38.5 Å². The van der Waals surface area contributed by atoms with Crippen LogP contribution in [0.4, 0.5) is 0 Å². The van der Waals surface area contributed by atoms with E-state index in [4.69, 9.17) is 14.4 Å². The average molecular weight is 955 g/mol. The Morgan fingerprint density at radius 2 is 1.33 bits per heavy atom. The summed E-state index contributed by atoms with van der Waals surface area (Å²) in [6.07, 6.45) is 1.82. The van der Waals surface area contributed by atoms with E-state index in [1.165, 1.54) is 0 Å². The predicted octanol–water partition coefficient (Wildman–Crippen LogP) is 15.5. The van der Waals surface area contributed by atoms with Gasteiger partial charge in [0.1, 0.15) is 35.9 Å². The molecule has 0 aliphatic heterocycles. The first-order valence-corrected chi connectivity index (χ1v) is 28.2. The Balaban J connectivity index is 1.23. The van der Waals surface area contributed by atoms with E-state index in [1.54, 1.807) is 11.3 Å². The Kier molecular flexibility index (Phi) is 11.1. The van der Waals surface area contributed by atoms with Gasteiger partial charge < -0.3 is 9.52 Å². The minimum absolute atomic E-state index is 0.205. The number of hydrogen-bond acceptors (Lipinski definition) is 8. The summed E-state index contributed by atoms with van der Waals surface area (Å²) in [6, 6.07) is 44.5. The zero-order valence-electron chi connectivity index (χ0n) is 42.1. The lowest BCUT2D eigenvalue weighted by Gasteiger charge is -2.27. The molecular weight excluding hydrogens is 897 g/mol. The number of benzene rings is 6. The molecule has 8 nitrogen and oxygen atoms in total. The Morgan fingerprint density at radius 1 is 0.643 bits per heavy atom. The van der Waals surface area contributed by atoms with Crippen LogP contribution in [0.2, 0.25) is 19.6 Å². The number of phenolic OH excluding ortho intramolecular Hbond substituents is 1. The molecule has 0 aliphatic rings. The third-order valence-corrected chi connectivity index (χ3v) is 17.6. The average Bonchev–Trinajstić information content (AvgIpc) is 4.06. The molecule has 0 spiro atoms. The number of para-hydroxylation sites is 2. The van der Waals surface area contributed by atoms with Crippen LogP contribution in [0.3, 0.4) is 0 Å². The molecule has 0 fully saturated rings. The number of nitriles is 1. The Bertz CT molecular complexity index is 3730. The van der Waals surface area contributed by atoms with Crippen LogP contribution in [0.5, 0.6) is 5.75 Å². The van der Waals surface area contributed by atoms with Crippen LogP contribution in [0.1, 0.15) is 84.6 Å². The zero-order valence-corrected chi connectivity index (χ0v) is 43.9. The van der Waals surface area contributed by atoms with Crippen molar-refractivity contribution in [2.45, 2.75) is 98.2 Å². The van der Waals surface area contributed by atoms with E-state index < -0.39 is 8.07 Å². The Morgan fingerprint density at radius 3 is 2.01 bits per heavy atom. The zero-order chi connectivity index (χ0) is 49.7. The van der Waals surface area contributed by atoms with Gasteiger partial charge in [-0.15, -0.1) is 21.5 Å². The second-order valence-corrected chi connectivity index (χ2v) is 28.9. The molecular formula is C60H58N6O2SSi. The van der Waals surface area contributed by atoms with Crippen molar-refractivity contribution in [2.75, 3.05) is 0 Å². The summed E-state index contributed by atoms with van der Waals surface area (Å²) in [5.41, 5.74) is 13.8. The van der Waals surface area contributed by atoms with Gasteiger partial charge in [0, 0.05) is 44.8 Å². The van der Waals surface area contributed by atoms with Crippen LogP contribution in [-0.4, -0.2) is 37.9 Å². The van der Waals surface area contributed by atoms with Crippen molar-refractivity contribution in [3.05, 3.63) is 150 Å². The maximum absolute atomic E-state index is 12.5. The number of aromatic hydroxyl groups is 1. The highest BCUT2D eigenvalue weighted by atomic mass is 32.1. The van der Waals surface area contributed by atoms with Gasteiger partial charge >= 0.3 is 0 Å². The molecule has 70 heavy (non-hydrogen) atoms. The van der Waals surface area contributed by atoms with Crippen molar-refractivity contribution in [1.82, 2.24) is 24.7 Å². The number of phenols is 1. The first-order valence-electron chi connectivity index (χ1n) is 23.9. The number of aromatic nitrogens is 5. The molecule has 350 valence electrons. The summed E-state index contributed by atoms with van der Waals surface area (Å²) >= 11 is 1.56. The molecule has 0 saturated heterocycles. The van der Waals surface area contributed by atoms with Crippen LogP contribution in [-0.2, 0) is 16.2 Å². The molecule has 0 saturated carbocycles. The van der Waals surface area contributed by atoms with Crippen LogP contribution in [0.25, 0.3) is 94.1 Å². The van der Waals surface area contributed by atoms with E-state index in [1.807, 2.05) is 30.5 Å². The number of nitrogens with zero attached hydrogens (tertiary/aromatic N) is 6. The minimum atomic E-state index is -1.71. The number of furan rings is 1. The van der Waals surface area contributed by atoms with Crippen molar-refractivity contribution < 1.29 is 9.52 Å². The maximum Gasteiger partial charge on any atom is 0.161 e. The smallest absolute Gasteiger partial charge is 0.161 e. The van der Waals surface area contributed by atoms with Crippen LogP contribution in [0.15, 0.2) is 132 Å². The highest BCUT2D eigenvalue weighted by Gasteiger charge is 2.30. The Labute approximate surface area is 415 Å². The predicted molar refractivity (Wildman–Crippen MR) is 292 cm³/mol. The summed E-state index contributed by atoms with van der Waals surface area (Å²) in [5.74, 6) is 0.883. The Hall–Kier alpha value is -7.19. The summed E-state index contributed by atoms with van der Waals surface area (Å²) in [4.78, 5) is 10.7. The largest absolute Gasteiger partial charge is 0.507 e. The lowest BCUT2D eigenvalue weighted by Crippen LogP contribution is -2.37. The molecule has 0 aliphatic carbocycles. The SMILES string of the molecule is CC(C)(C)c1cc(-c2cccc3c2nc(-c2cc(C(C)(C)C)cc(C(C)(C)C)c2O)n3-c2ccccc2-c2ccccc2)cc(-c2nccc3c2oc2cc(-c4nnc([Si](C)(C)C)s4)c(C#N)cc23)c1. The number of hydrogen-bond donors (Lipinski definition) is 1. The molecule has 4 heterocycles. The highest BCUT2D eigenvalue weighted by Crippen LogP contribution is 2.46. The number of pyridine rings is 1. The second kappa shape index (κ2) is 16.7. The fraction of sp³-hybridized carbons (Fsp3) is 0.250. The van der Waals surface area contributed by atoms with Gasteiger partial charge in [0.25, 0.3) is 0 Å². The fourth-order valence-electron chi connectivity index (χ4n) is 9.31. The van der Waals surface area contributed by atoms with E-state index in [9.17, 15) is 10.4 Å². The summed E-state index contributed by atoms with van der Waals surface area (Å²) in [7, 11) is -1.71. The monoisotopic (exact) mass is 954 g/mol. The highest BCUT2D eigenvalue weighted by molar-refractivity contribution is 7.27. The van der Waals surface area contributed by atoms with Crippen LogP contribution >= 0.6 is 11.3 Å². The van der Waals surface area contributed by atoms with Gasteiger partial charge in [0.2, 0.25) is 0 Å². The van der Waals surface area contributed by atoms with Crippen LogP contribution < -0.4 is 4.63 Å². The summed E-state index contributed by atoms with van der Waals surface area (Å²) < 4.78 is 10.1. The molecule has 4 aromatic heterocycles. The number of fused-ring (bicyclic) bond motifs is 4. The van der Waals surface area contributed by atoms with Crippen molar-refractivity contribution in [1.29, 1.82) is 5.26 Å². The van der Waals surface area contributed by atoms with Gasteiger partial charge in [-0.1, -0.05) is 155 Å². The number of imidazole rings is 1. The van der Waals surface area contributed by atoms with Gasteiger partial charge in [0.15, 0.2) is 5.58 Å². The van der Waals surface area contributed by atoms with Gasteiger partial charge in [-0.2, -0.15) is 5.26 Å². The first kappa shape index (κ1) is 46.5. The van der Waals surface area contributed by atoms with E-state index >= 15 is 0 Å². The molecule has 10 aromatic rings. The summed E-state index contributed by atoms with van der Waals surface area (Å²) in [5, 5.41) is 34.5. The molecule has 0 amide bonds. The standard InChI is InChI=1S/C60H58N6O2SSi/c1-58(2,3)39-28-36(27-37(29-39)51-54-43(25-26-62-51)45-30-38(34-61)44(33-50(45)68-54)56-64-65-57(69-56)70(10,11)12)42-22-18-24-49-52(42)63-55(46-31-40(59(4,5)6)32-47(53(46)67)60(7,8)9)66(49)48-23-17-16-21-41(48)35-19-14-13-15-20-35/h13-33,67H,1-12H3. The minimum Gasteiger partial charge on any atom is -0.507 e. The molecule has 0 radical (unpaired) electrons. The van der Waals surface area contributed by atoms with E-state index in [0.717, 1.165) is 76.6 Å². The molecule has 0 bridgehead atoms. The fourth-order valence-corrected chi connectivity index (χ4v) is 11.8. The van der Waals surface area contributed by atoms with Crippen molar-refractivity contribution in [2.24, 2.45) is 0 Å².